The van der Waals surface area contributed by atoms with E-state index < -0.39 is 0 Å². The Morgan fingerprint density at radius 3 is 2.38 bits per heavy atom. The van der Waals surface area contributed by atoms with Crippen molar-refractivity contribution in [2.45, 2.75) is 33.1 Å². The molecule has 0 unspecified atom stereocenters. The first-order valence-corrected chi connectivity index (χ1v) is 8.12. The number of hydrogen-bond acceptors (Lipinski definition) is 4. The first-order valence-electron chi connectivity index (χ1n) is 8.12. The zero-order valence-corrected chi connectivity index (χ0v) is 14.4. The van der Waals surface area contributed by atoms with Crippen molar-refractivity contribution >= 4 is 17.7 Å². The number of rotatable bonds is 10. The van der Waals surface area contributed by atoms with Crippen molar-refractivity contribution in [2.24, 2.45) is 0 Å². The lowest BCUT2D eigenvalue weighted by molar-refractivity contribution is -0.144. The minimum Gasteiger partial charge on any atom is -0.466 e. The summed E-state index contributed by atoms with van der Waals surface area (Å²) in [6.07, 6.45) is 2.00. The number of hydrogen-bond donors (Lipinski definition) is 0. The van der Waals surface area contributed by atoms with E-state index in [1.807, 2.05) is 19.1 Å². The van der Waals surface area contributed by atoms with Gasteiger partial charge in [-0.3, -0.25) is 14.4 Å². The molecule has 0 heterocycles. The summed E-state index contributed by atoms with van der Waals surface area (Å²) in [5, 5.41) is 0. The molecule has 24 heavy (non-hydrogen) atoms. The fourth-order valence-corrected chi connectivity index (χ4v) is 2.20. The highest BCUT2D eigenvalue weighted by Crippen LogP contribution is 2.09. The van der Waals surface area contributed by atoms with E-state index in [0.29, 0.717) is 18.7 Å². The molecule has 0 aliphatic carbocycles. The Labute approximate surface area is 143 Å². The van der Waals surface area contributed by atoms with Gasteiger partial charge >= 0.3 is 5.97 Å². The summed E-state index contributed by atoms with van der Waals surface area (Å²) < 4.78 is 4.86. The van der Waals surface area contributed by atoms with Crippen molar-refractivity contribution in [3.63, 3.8) is 0 Å². The van der Waals surface area contributed by atoms with Crippen molar-refractivity contribution in [3.8, 4) is 0 Å². The van der Waals surface area contributed by atoms with Gasteiger partial charge in [-0.15, -0.1) is 6.58 Å². The molecule has 0 saturated carbocycles. The number of carbonyl (C=O) groups excluding carboxylic acids is 3. The number of benzene rings is 1. The highest BCUT2D eigenvalue weighted by atomic mass is 16.5. The Bertz CT molecular complexity index is 578. The predicted octanol–water partition coefficient (Wildman–Crippen LogP) is 2.93. The van der Waals surface area contributed by atoms with Crippen LogP contribution in [0.3, 0.4) is 0 Å². The van der Waals surface area contributed by atoms with Gasteiger partial charge in [-0.25, -0.2) is 0 Å². The number of nitrogens with zero attached hydrogens (tertiary/aromatic N) is 1. The highest BCUT2D eigenvalue weighted by molar-refractivity contribution is 5.98. The third kappa shape index (κ3) is 6.77. The minimum absolute atomic E-state index is 0.0627. The van der Waals surface area contributed by atoms with Crippen LogP contribution >= 0.6 is 0 Å². The van der Waals surface area contributed by atoms with Crippen molar-refractivity contribution < 1.29 is 19.1 Å². The molecular weight excluding hydrogens is 306 g/mol. The number of aryl methyl sites for hydroxylation is 1. The van der Waals surface area contributed by atoms with Crippen molar-refractivity contribution in [3.05, 3.63) is 48.0 Å². The summed E-state index contributed by atoms with van der Waals surface area (Å²) in [6, 6.07) is 7.28. The molecular formula is C19H25NO4. The van der Waals surface area contributed by atoms with E-state index >= 15 is 0 Å². The molecule has 0 atom stereocenters. The molecule has 1 aromatic carbocycles. The van der Waals surface area contributed by atoms with E-state index in [9.17, 15) is 14.4 Å². The molecule has 0 aliphatic rings. The lowest BCUT2D eigenvalue weighted by Crippen LogP contribution is -2.33. The lowest BCUT2D eigenvalue weighted by Gasteiger charge is -2.20. The second-order valence-corrected chi connectivity index (χ2v) is 5.47. The highest BCUT2D eigenvalue weighted by Gasteiger charge is 2.16. The molecule has 5 nitrogen and oxygen atoms in total. The first-order chi connectivity index (χ1) is 11.5. The number of amides is 1. The number of ether oxygens (including phenoxy) is 1. The topological polar surface area (TPSA) is 63.7 Å². The number of ketones is 1. The van der Waals surface area contributed by atoms with Gasteiger partial charge in [-0.1, -0.05) is 35.9 Å². The van der Waals surface area contributed by atoms with Gasteiger partial charge in [-0.2, -0.15) is 0 Å². The maximum Gasteiger partial charge on any atom is 0.307 e. The summed E-state index contributed by atoms with van der Waals surface area (Å²) in [6.45, 7) is 8.24. The van der Waals surface area contributed by atoms with Gasteiger partial charge in [0, 0.05) is 31.5 Å². The summed E-state index contributed by atoms with van der Waals surface area (Å²) in [5.41, 5.74) is 1.69. The normalized spacial score (nSPS) is 10.1. The number of carbonyl (C=O) groups is 3. The van der Waals surface area contributed by atoms with Crippen LogP contribution in [0.15, 0.2) is 36.9 Å². The average molecular weight is 331 g/mol. The van der Waals surface area contributed by atoms with Gasteiger partial charge in [0.05, 0.1) is 13.0 Å². The van der Waals surface area contributed by atoms with E-state index in [4.69, 9.17) is 4.74 Å². The lowest BCUT2D eigenvalue weighted by atomic mass is 10.0. The monoisotopic (exact) mass is 331 g/mol. The van der Waals surface area contributed by atoms with E-state index in [0.717, 1.165) is 5.56 Å². The molecule has 0 saturated heterocycles. The Kier molecular flexibility index (Phi) is 8.47. The van der Waals surface area contributed by atoms with Gasteiger partial charge < -0.3 is 9.64 Å². The minimum atomic E-state index is -0.338. The van der Waals surface area contributed by atoms with Crippen LogP contribution in [0.25, 0.3) is 0 Å². The van der Waals surface area contributed by atoms with Crippen LogP contribution in [-0.4, -0.2) is 42.3 Å². The predicted molar refractivity (Wildman–Crippen MR) is 92.8 cm³/mol. The number of esters is 1. The van der Waals surface area contributed by atoms with Crippen LogP contribution in [-0.2, 0) is 14.3 Å². The standard InChI is InChI=1S/C19H25NO4/c1-4-13-20(14-12-19(23)24-5-2)18(22)11-10-17(21)16-8-6-15(3)7-9-16/h4,6-9H,1,5,10-14H2,2-3H3. The van der Waals surface area contributed by atoms with Gasteiger partial charge in [0.25, 0.3) is 0 Å². The molecule has 0 N–H and O–H groups in total. The summed E-state index contributed by atoms with van der Waals surface area (Å²) in [7, 11) is 0. The van der Waals surface area contributed by atoms with Crippen molar-refractivity contribution in [1.29, 1.82) is 0 Å². The molecule has 1 aromatic rings. The van der Waals surface area contributed by atoms with Crippen LogP contribution in [0, 0.1) is 6.92 Å². The third-order valence-corrected chi connectivity index (χ3v) is 3.53. The maximum atomic E-state index is 12.3. The maximum absolute atomic E-state index is 12.3. The van der Waals surface area contributed by atoms with E-state index in [1.54, 1.807) is 25.1 Å². The number of Topliss-reactive ketones (excluding diaryl/α,β-unsaturated/α-hetero) is 1. The Morgan fingerprint density at radius 1 is 1.12 bits per heavy atom. The SMILES string of the molecule is C=CCN(CCC(=O)OCC)C(=O)CCC(=O)c1ccc(C)cc1. The fraction of sp³-hybridized carbons (Fsp3) is 0.421. The van der Waals surface area contributed by atoms with Gasteiger partial charge in [-0.05, 0) is 13.8 Å². The summed E-state index contributed by atoms with van der Waals surface area (Å²) >= 11 is 0. The van der Waals surface area contributed by atoms with E-state index in [-0.39, 0.29) is 43.5 Å². The zero-order valence-electron chi connectivity index (χ0n) is 14.4. The Hall–Kier alpha value is -2.43. The second kappa shape index (κ2) is 10.4. The molecule has 130 valence electrons. The van der Waals surface area contributed by atoms with Crippen LogP contribution in [0.4, 0.5) is 0 Å². The smallest absolute Gasteiger partial charge is 0.307 e. The summed E-state index contributed by atoms with van der Waals surface area (Å²) in [4.78, 5) is 37.3. The van der Waals surface area contributed by atoms with Gasteiger partial charge in [0.15, 0.2) is 5.78 Å². The van der Waals surface area contributed by atoms with Gasteiger partial charge in [0.1, 0.15) is 0 Å². The largest absolute Gasteiger partial charge is 0.466 e. The molecule has 1 amide bonds. The molecule has 0 bridgehead atoms. The molecule has 0 fully saturated rings. The third-order valence-electron chi connectivity index (χ3n) is 3.53. The molecule has 0 aromatic heterocycles. The quantitative estimate of drug-likeness (QED) is 0.376. The fourth-order valence-electron chi connectivity index (χ4n) is 2.20. The second-order valence-electron chi connectivity index (χ2n) is 5.47. The van der Waals surface area contributed by atoms with Gasteiger partial charge in [0.2, 0.25) is 5.91 Å². The first kappa shape index (κ1) is 19.6. The van der Waals surface area contributed by atoms with Crippen LogP contribution in [0.5, 0.6) is 0 Å². The Balaban J connectivity index is 2.52. The summed E-state index contributed by atoms with van der Waals surface area (Å²) in [5.74, 6) is -0.568. The molecule has 0 aliphatic heterocycles. The molecule has 1 rings (SSSR count). The van der Waals surface area contributed by atoms with E-state index in [2.05, 4.69) is 6.58 Å². The van der Waals surface area contributed by atoms with Crippen molar-refractivity contribution in [2.75, 3.05) is 19.7 Å². The van der Waals surface area contributed by atoms with Crippen molar-refractivity contribution in [1.82, 2.24) is 4.90 Å². The molecule has 0 spiro atoms. The molecule has 0 radical (unpaired) electrons. The van der Waals surface area contributed by atoms with Crippen LogP contribution < -0.4 is 0 Å². The van der Waals surface area contributed by atoms with E-state index in [1.165, 1.54) is 4.90 Å². The Morgan fingerprint density at radius 2 is 1.79 bits per heavy atom. The zero-order chi connectivity index (χ0) is 17.9. The van der Waals surface area contributed by atoms with Crippen LogP contribution in [0.1, 0.15) is 42.1 Å². The van der Waals surface area contributed by atoms with Crippen LogP contribution in [0.2, 0.25) is 0 Å². The molecule has 5 heteroatoms. The average Bonchev–Trinajstić information content (AvgIpc) is 2.57.